The van der Waals surface area contributed by atoms with Crippen LogP contribution in [0.5, 0.6) is 0 Å². The van der Waals surface area contributed by atoms with Crippen LogP contribution in [0.3, 0.4) is 0 Å². The van der Waals surface area contributed by atoms with Gasteiger partial charge in [-0.25, -0.2) is 0 Å². The SMILES string of the molecule is CC(C)O.Cl.Cl.O.[V]. The average Bonchev–Trinajstić information content (AvgIpc) is 0.811. The summed E-state index contributed by atoms with van der Waals surface area (Å²) in [4.78, 5) is 0. The first-order valence-corrected chi connectivity index (χ1v) is 1.41. The van der Waals surface area contributed by atoms with Gasteiger partial charge >= 0.3 is 0 Å². The van der Waals surface area contributed by atoms with Gasteiger partial charge in [-0.05, 0) is 13.8 Å². The van der Waals surface area contributed by atoms with Crippen LogP contribution in [0.15, 0.2) is 0 Å². The van der Waals surface area contributed by atoms with Gasteiger partial charge in [-0.1, -0.05) is 0 Å². The molecular weight excluding hydrogens is 190 g/mol. The third-order valence-electron chi connectivity index (χ3n) is 0. The van der Waals surface area contributed by atoms with E-state index >= 15 is 0 Å². The van der Waals surface area contributed by atoms with Gasteiger partial charge < -0.3 is 10.6 Å². The van der Waals surface area contributed by atoms with E-state index in [9.17, 15) is 0 Å². The van der Waals surface area contributed by atoms with E-state index in [-0.39, 0.29) is 54.9 Å². The second-order valence-corrected chi connectivity index (χ2v) is 1.09. The van der Waals surface area contributed by atoms with Crippen LogP contribution in [0.25, 0.3) is 0 Å². The Labute approximate surface area is 74.1 Å². The second kappa shape index (κ2) is 24.3. The summed E-state index contributed by atoms with van der Waals surface area (Å²) >= 11 is 0. The molecular formula is C3H12Cl2O2V. The van der Waals surface area contributed by atoms with Crippen LogP contribution in [0.4, 0.5) is 0 Å². The maximum atomic E-state index is 8.06. The summed E-state index contributed by atoms with van der Waals surface area (Å²) in [6, 6.07) is 0. The summed E-state index contributed by atoms with van der Waals surface area (Å²) in [6.07, 6.45) is -0.167. The molecule has 55 valence electrons. The van der Waals surface area contributed by atoms with Crippen LogP contribution in [-0.4, -0.2) is 16.7 Å². The van der Waals surface area contributed by atoms with Crippen molar-refractivity contribution >= 4 is 24.8 Å². The number of hydrogen-bond donors (Lipinski definition) is 1. The van der Waals surface area contributed by atoms with Crippen LogP contribution in [-0.2, 0) is 18.6 Å². The van der Waals surface area contributed by atoms with Crippen molar-refractivity contribution in [1.29, 1.82) is 0 Å². The molecule has 0 rings (SSSR count). The number of rotatable bonds is 0. The first-order chi connectivity index (χ1) is 1.73. The summed E-state index contributed by atoms with van der Waals surface area (Å²) in [7, 11) is 0. The molecule has 0 unspecified atom stereocenters. The zero-order chi connectivity index (χ0) is 3.58. The van der Waals surface area contributed by atoms with E-state index in [1.165, 1.54) is 0 Å². The average molecular weight is 202 g/mol. The molecule has 0 amide bonds. The van der Waals surface area contributed by atoms with E-state index in [4.69, 9.17) is 5.11 Å². The predicted molar refractivity (Wildman–Crippen MR) is 35.5 cm³/mol. The number of aliphatic hydroxyl groups is 1. The van der Waals surface area contributed by atoms with Crippen molar-refractivity contribution in [3.63, 3.8) is 0 Å². The number of halogens is 2. The standard InChI is InChI=1S/C3H8O.2ClH.H2O.V/c1-3(2)4;;;;/h3-4H,1-2H3;2*1H;1H2;. The Morgan fingerprint density at radius 1 is 1.12 bits per heavy atom. The van der Waals surface area contributed by atoms with Gasteiger partial charge in [0.2, 0.25) is 0 Å². The molecule has 3 N–H and O–H groups in total. The molecule has 0 fully saturated rings. The molecule has 5 heteroatoms. The van der Waals surface area contributed by atoms with E-state index in [2.05, 4.69) is 0 Å². The molecule has 0 saturated carbocycles. The summed E-state index contributed by atoms with van der Waals surface area (Å²) < 4.78 is 0. The quantitative estimate of drug-likeness (QED) is 0.607. The number of hydrogen-bond acceptors (Lipinski definition) is 1. The predicted octanol–water partition coefficient (Wildman–Crippen LogP) is 0.403. The first-order valence-electron chi connectivity index (χ1n) is 1.41. The zero-order valence-electron chi connectivity index (χ0n) is 4.79. The van der Waals surface area contributed by atoms with Crippen LogP contribution in [0.2, 0.25) is 0 Å². The monoisotopic (exact) mass is 201 g/mol. The third kappa shape index (κ3) is 223. The van der Waals surface area contributed by atoms with E-state index in [1.54, 1.807) is 13.8 Å². The van der Waals surface area contributed by atoms with E-state index in [0.29, 0.717) is 0 Å². The third-order valence-corrected chi connectivity index (χ3v) is 0. The molecule has 0 atom stereocenters. The number of aliphatic hydroxyl groups excluding tert-OH is 1. The molecule has 0 aliphatic heterocycles. The van der Waals surface area contributed by atoms with E-state index in [0.717, 1.165) is 0 Å². The van der Waals surface area contributed by atoms with Crippen LogP contribution in [0.1, 0.15) is 13.8 Å². The minimum Gasteiger partial charge on any atom is -0.412 e. The Bertz CT molecular complexity index is 20.0. The van der Waals surface area contributed by atoms with Crippen molar-refractivity contribution < 1.29 is 29.1 Å². The fourth-order valence-electron chi connectivity index (χ4n) is 0. The van der Waals surface area contributed by atoms with Crippen molar-refractivity contribution in [2.75, 3.05) is 0 Å². The maximum absolute atomic E-state index is 8.06. The summed E-state index contributed by atoms with van der Waals surface area (Å²) in [5, 5.41) is 8.06. The summed E-state index contributed by atoms with van der Waals surface area (Å²) in [5.74, 6) is 0. The van der Waals surface area contributed by atoms with Crippen LogP contribution >= 0.6 is 24.8 Å². The van der Waals surface area contributed by atoms with Gasteiger partial charge in [-0.3, -0.25) is 0 Å². The van der Waals surface area contributed by atoms with Crippen LogP contribution < -0.4 is 0 Å². The molecule has 0 bridgehead atoms. The van der Waals surface area contributed by atoms with Gasteiger partial charge in [-0.2, -0.15) is 0 Å². The summed E-state index contributed by atoms with van der Waals surface area (Å²) in [6.45, 7) is 3.44. The summed E-state index contributed by atoms with van der Waals surface area (Å²) in [5.41, 5.74) is 0. The minimum atomic E-state index is -0.167. The van der Waals surface area contributed by atoms with E-state index < -0.39 is 0 Å². The van der Waals surface area contributed by atoms with Crippen molar-refractivity contribution in [2.24, 2.45) is 0 Å². The van der Waals surface area contributed by atoms with Gasteiger partial charge in [0.15, 0.2) is 0 Å². The molecule has 0 spiro atoms. The molecule has 0 heterocycles. The molecule has 0 aromatic heterocycles. The van der Waals surface area contributed by atoms with Crippen molar-refractivity contribution in [1.82, 2.24) is 0 Å². The Morgan fingerprint density at radius 3 is 1.12 bits per heavy atom. The van der Waals surface area contributed by atoms with Gasteiger partial charge in [0.05, 0.1) is 0 Å². The molecule has 0 saturated heterocycles. The van der Waals surface area contributed by atoms with Crippen LogP contribution in [0, 0.1) is 0 Å². The van der Waals surface area contributed by atoms with Crippen molar-refractivity contribution in [3.05, 3.63) is 0 Å². The zero-order valence-corrected chi connectivity index (χ0v) is 7.82. The molecule has 0 aliphatic rings. The largest absolute Gasteiger partial charge is 0.412 e. The Kier molecular flexibility index (Phi) is 108. The Morgan fingerprint density at radius 2 is 1.12 bits per heavy atom. The van der Waals surface area contributed by atoms with Gasteiger partial charge in [0.25, 0.3) is 0 Å². The van der Waals surface area contributed by atoms with Crippen molar-refractivity contribution in [2.45, 2.75) is 20.0 Å². The smallest absolute Gasteiger partial charge is 0.0483 e. The van der Waals surface area contributed by atoms with Gasteiger partial charge in [-0.15, -0.1) is 24.8 Å². The maximum Gasteiger partial charge on any atom is 0.0483 e. The molecule has 1 radical (unpaired) electrons. The normalized spacial score (nSPS) is 4.50. The fraction of sp³-hybridized carbons (Fsp3) is 1.00. The Balaban J connectivity index is -0.00000000750. The molecule has 2 nitrogen and oxygen atoms in total. The topological polar surface area (TPSA) is 51.7 Å². The molecule has 0 aliphatic carbocycles. The molecule has 8 heavy (non-hydrogen) atoms. The second-order valence-electron chi connectivity index (χ2n) is 1.09. The molecule has 0 aromatic rings. The van der Waals surface area contributed by atoms with Crippen molar-refractivity contribution in [3.8, 4) is 0 Å². The van der Waals surface area contributed by atoms with Gasteiger partial charge in [0.1, 0.15) is 0 Å². The van der Waals surface area contributed by atoms with E-state index in [1.807, 2.05) is 0 Å². The first kappa shape index (κ1) is 35.6. The Hall–Kier alpha value is 1.08. The molecule has 0 aromatic carbocycles. The van der Waals surface area contributed by atoms with Gasteiger partial charge in [0, 0.05) is 24.7 Å². The minimum absolute atomic E-state index is 0. The fourth-order valence-corrected chi connectivity index (χ4v) is 0.